The van der Waals surface area contributed by atoms with Crippen molar-refractivity contribution >= 4 is 11.9 Å². The fourth-order valence-corrected chi connectivity index (χ4v) is 1.40. The monoisotopic (exact) mass is 191 g/mol. The Morgan fingerprint density at radius 1 is 1.43 bits per heavy atom. The lowest BCUT2D eigenvalue weighted by Crippen LogP contribution is -2.40. The number of imide groups is 1. The summed E-state index contributed by atoms with van der Waals surface area (Å²) in [4.78, 5) is 26.4. The summed E-state index contributed by atoms with van der Waals surface area (Å²) < 4.78 is 0. The van der Waals surface area contributed by atoms with Crippen LogP contribution in [-0.2, 0) is 10.3 Å². The van der Waals surface area contributed by atoms with Crippen LogP contribution in [0.3, 0.4) is 0 Å². The standard InChI is InChI=1S/C9H9N3O2/c1-9(6-3-2-4-10-5-6)7(13)11-8(14)12-9/h2-5H,1H3,(H2,11,12,13,14)/t9-/m1/s1. The number of hydrogen-bond acceptors (Lipinski definition) is 3. The lowest BCUT2D eigenvalue weighted by atomic mass is 9.94. The number of urea groups is 1. The van der Waals surface area contributed by atoms with Crippen LogP contribution in [0.4, 0.5) is 4.79 Å². The maximum atomic E-state index is 11.5. The molecular formula is C9H9N3O2. The minimum absolute atomic E-state index is 0.351. The molecule has 0 spiro atoms. The molecule has 0 radical (unpaired) electrons. The number of pyridine rings is 1. The van der Waals surface area contributed by atoms with Gasteiger partial charge in [0.2, 0.25) is 0 Å². The van der Waals surface area contributed by atoms with Crippen LogP contribution in [-0.4, -0.2) is 16.9 Å². The lowest BCUT2D eigenvalue weighted by Gasteiger charge is -2.19. The fourth-order valence-electron chi connectivity index (χ4n) is 1.40. The molecule has 0 aromatic carbocycles. The molecule has 0 saturated carbocycles. The van der Waals surface area contributed by atoms with Gasteiger partial charge in [-0.3, -0.25) is 15.1 Å². The van der Waals surface area contributed by atoms with Gasteiger partial charge in [0.1, 0.15) is 5.54 Å². The summed E-state index contributed by atoms with van der Waals surface area (Å²) in [6.07, 6.45) is 3.17. The summed E-state index contributed by atoms with van der Waals surface area (Å²) in [5.74, 6) is -0.351. The van der Waals surface area contributed by atoms with Gasteiger partial charge in [0.05, 0.1) is 0 Å². The molecule has 1 aliphatic heterocycles. The Morgan fingerprint density at radius 3 is 2.71 bits per heavy atom. The minimum atomic E-state index is -0.995. The van der Waals surface area contributed by atoms with Crippen molar-refractivity contribution in [3.8, 4) is 0 Å². The number of nitrogens with one attached hydrogen (secondary N) is 2. The SMILES string of the molecule is C[C@]1(c2cccnc2)NC(=O)NC1=O. The van der Waals surface area contributed by atoms with Crippen molar-refractivity contribution in [3.05, 3.63) is 30.1 Å². The molecule has 1 fully saturated rings. The molecule has 14 heavy (non-hydrogen) atoms. The van der Waals surface area contributed by atoms with Gasteiger partial charge in [0.25, 0.3) is 5.91 Å². The fraction of sp³-hybridized carbons (Fsp3) is 0.222. The van der Waals surface area contributed by atoms with Crippen molar-refractivity contribution in [3.63, 3.8) is 0 Å². The van der Waals surface area contributed by atoms with E-state index in [0.29, 0.717) is 5.56 Å². The number of nitrogens with zero attached hydrogens (tertiary/aromatic N) is 1. The zero-order chi connectivity index (χ0) is 10.2. The number of aromatic nitrogens is 1. The summed E-state index contributed by atoms with van der Waals surface area (Å²) in [5.41, 5.74) is -0.325. The number of rotatable bonds is 1. The van der Waals surface area contributed by atoms with E-state index in [4.69, 9.17) is 0 Å². The molecule has 2 heterocycles. The molecular weight excluding hydrogens is 182 g/mol. The molecule has 1 aromatic heterocycles. The van der Waals surface area contributed by atoms with Crippen LogP contribution >= 0.6 is 0 Å². The smallest absolute Gasteiger partial charge is 0.320 e. The molecule has 0 unspecified atom stereocenters. The summed E-state index contributed by atoms with van der Waals surface area (Å²) >= 11 is 0. The number of amides is 3. The summed E-state index contributed by atoms with van der Waals surface area (Å²) in [7, 11) is 0. The predicted octanol–water partition coefficient (Wildman–Crippen LogP) is 0.136. The largest absolute Gasteiger partial charge is 0.322 e. The summed E-state index contributed by atoms with van der Waals surface area (Å²) in [6.45, 7) is 1.64. The third-order valence-corrected chi connectivity index (χ3v) is 2.28. The van der Waals surface area contributed by atoms with Crippen molar-refractivity contribution in [2.24, 2.45) is 0 Å². The molecule has 1 aliphatic rings. The number of carbonyl (C=O) groups excluding carboxylic acids is 2. The van der Waals surface area contributed by atoms with E-state index in [1.165, 1.54) is 0 Å². The highest BCUT2D eigenvalue weighted by Crippen LogP contribution is 2.22. The first-order valence-corrected chi connectivity index (χ1v) is 4.17. The molecule has 1 atom stereocenters. The van der Waals surface area contributed by atoms with Crippen molar-refractivity contribution in [1.29, 1.82) is 0 Å². The second-order valence-corrected chi connectivity index (χ2v) is 3.27. The predicted molar refractivity (Wildman–Crippen MR) is 48.3 cm³/mol. The van der Waals surface area contributed by atoms with E-state index in [0.717, 1.165) is 0 Å². The van der Waals surface area contributed by atoms with Crippen LogP contribution in [0.25, 0.3) is 0 Å². The first-order valence-electron chi connectivity index (χ1n) is 4.17. The second-order valence-electron chi connectivity index (χ2n) is 3.27. The van der Waals surface area contributed by atoms with Gasteiger partial charge >= 0.3 is 6.03 Å². The molecule has 5 nitrogen and oxygen atoms in total. The van der Waals surface area contributed by atoms with Crippen molar-refractivity contribution in [2.75, 3.05) is 0 Å². The minimum Gasteiger partial charge on any atom is -0.320 e. The first kappa shape index (κ1) is 8.68. The molecule has 2 rings (SSSR count). The van der Waals surface area contributed by atoms with E-state index in [-0.39, 0.29) is 5.91 Å². The lowest BCUT2D eigenvalue weighted by molar-refractivity contribution is -0.123. The molecule has 1 saturated heterocycles. The highest BCUT2D eigenvalue weighted by atomic mass is 16.2. The maximum Gasteiger partial charge on any atom is 0.322 e. The highest BCUT2D eigenvalue weighted by Gasteiger charge is 2.43. The molecule has 72 valence electrons. The zero-order valence-corrected chi connectivity index (χ0v) is 7.57. The van der Waals surface area contributed by atoms with Gasteiger partial charge in [-0.2, -0.15) is 0 Å². The maximum absolute atomic E-state index is 11.5. The van der Waals surface area contributed by atoms with Gasteiger partial charge in [-0.1, -0.05) is 6.07 Å². The van der Waals surface area contributed by atoms with E-state index in [9.17, 15) is 9.59 Å². The summed E-state index contributed by atoms with van der Waals surface area (Å²) in [5, 5.41) is 4.75. The Hall–Kier alpha value is -1.91. The Balaban J connectivity index is 2.43. The van der Waals surface area contributed by atoms with E-state index >= 15 is 0 Å². The van der Waals surface area contributed by atoms with E-state index in [2.05, 4.69) is 15.6 Å². The normalized spacial score (nSPS) is 25.8. The van der Waals surface area contributed by atoms with Crippen LogP contribution in [0.2, 0.25) is 0 Å². The highest BCUT2D eigenvalue weighted by molar-refractivity contribution is 6.07. The van der Waals surface area contributed by atoms with Gasteiger partial charge < -0.3 is 5.32 Å². The molecule has 3 amide bonds. The van der Waals surface area contributed by atoms with Crippen molar-refractivity contribution in [2.45, 2.75) is 12.5 Å². The second kappa shape index (κ2) is 2.80. The molecule has 0 aliphatic carbocycles. The average molecular weight is 191 g/mol. The quantitative estimate of drug-likeness (QED) is 0.620. The van der Waals surface area contributed by atoms with E-state index < -0.39 is 11.6 Å². The van der Waals surface area contributed by atoms with Gasteiger partial charge in [-0.15, -0.1) is 0 Å². The topological polar surface area (TPSA) is 71.1 Å². The third kappa shape index (κ3) is 1.14. The van der Waals surface area contributed by atoms with Crippen molar-refractivity contribution < 1.29 is 9.59 Å². The van der Waals surface area contributed by atoms with Gasteiger partial charge in [0, 0.05) is 18.0 Å². The van der Waals surface area contributed by atoms with Crippen LogP contribution in [0.1, 0.15) is 12.5 Å². The Labute approximate surface area is 80.5 Å². The van der Waals surface area contributed by atoms with Gasteiger partial charge in [-0.25, -0.2) is 4.79 Å². The van der Waals surface area contributed by atoms with Crippen LogP contribution in [0, 0.1) is 0 Å². The van der Waals surface area contributed by atoms with E-state index in [1.54, 1.807) is 31.5 Å². The van der Waals surface area contributed by atoms with Crippen molar-refractivity contribution in [1.82, 2.24) is 15.6 Å². The Bertz CT molecular complexity index is 390. The van der Waals surface area contributed by atoms with E-state index in [1.807, 2.05) is 0 Å². The average Bonchev–Trinajstić information content (AvgIpc) is 2.43. The van der Waals surface area contributed by atoms with Crippen LogP contribution in [0.15, 0.2) is 24.5 Å². The van der Waals surface area contributed by atoms with Gasteiger partial charge in [-0.05, 0) is 13.0 Å². The molecule has 1 aromatic rings. The molecule has 5 heteroatoms. The van der Waals surface area contributed by atoms with Crippen LogP contribution < -0.4 is 10.6 Å². The Morgan fingerprint density at radius 2 is 2.21 bits per heavy atom. The molecule has 2 N–H and O–H groups in total. The third-order valence-electron chi connectivity index (χ3n) is 2.28. The first-order chi connectivity index (χ1) is 6.63. The number of carbonyl (C=O) groups is 2. The Kier molecular flexibility index (Phi) is 1.73. The van der Waals surface area contributed by atoms with Crippen LogP contribution in [0.5, 0.6) is 0 Å². The zero-order valence-electron chi connectivity index (χ0n) is 7.57. The number of hydrogen-bond donors (Lipinski definition) is 2. The molecule has 0 bridgehead atoms. The summed E-state index contributed by atoms with van der Waals surface area (Å²) in [6, 6.07) is 3.00. The van der Waals surface area contributed by atoms with Gasteiger partial charge in [0.15, 0.2) is 0 Å².